The van der Waals surface area contributed by atoms with E-state index in [9.17, 15) is 0 Å². The lowest BCUT2D eigenvalue weighted by atomic mass is 10.2. The van der Waals surface area contributed by atoms with Crippen molar-refractivity contribution in [3.05, 3.63) is 22.7 Å². The van der Waals surface area contributed by atoms with Crippen LogP contribution >= 0.6 is 11.6 Å². The van der Waals surface area contributed by atoms with E-state index in [1.807, 2.05) is 0 Å². The fourth-order valence-corrected chi connectivity index (χ4v) is 1.28. The van der Waals surface area contributed by atoms with Gasteiger partial charge in [0.05, 0.1) is 14.2 Å². The maximum absolute atomic E-state index is 5.92. The van der Waals surface area contributed by atoms with Crippen molar-refractivity contribution in [1.29, 1.82) is 0 Å². The Balaban J connectivity index is 3.18. The van der Waals surface area contributed by atoms with Crippen LogP contribution in [0.2, 0.25) is 5.02 Å². The number of nitrogens with two attached hydrogens (primary N) is 1. The average Bonchev–Trinajstić information content (AvgIpc) is 2.17. The molecule has 0 saturated heterocycles. The van der Waals surface area contributed by atoms with E-state index in [0.29, 0.717) is 23.1 Å². The Labute approximate surface area is 82.4 Å². The predicted molar refractivity (Wildman–Crippen MR) is 52.4 cm³/mol. The van der Waals surface area contributed by atoms with Crippen LogP contribution < -0.4 is 15.2 Å². The Hall–Kier alpha value is -0.930. The maximum atomic E-state index is 5.92. The van der Waals surface area contributed by atoms with Crippen LogP contribution in [0.15, 0.2) is 12.1 Å². The lowest BCUT2D eigenvalue weighted by Gasteiger charge is -2.10. The highest BCUT2D eigenvalue weighted by Gasteiger charge is 2.07. The number of hydrogen-bond donors (Lipinski definition) is 1. The van der Waals surface area contributed by atoms with Crippen molar-refractivity contribution < 1.29 is 9.47 Å². The van der Waals surface area contributed by atoms with Crippen LogP contribution in [0.25, 0.3) is 0 Å². The normalized spacial score (nSPS) is 9.85. The van der Waals surface area contributed by atoms with Crippen molar-refractivity contribution in [2.24, 2.45) is 5.73 Å². The molecule has 3 nitrogen and oxygen atoms in total. The minimum absolute atomic E-state index is 0.388. The van der Waals surface area contributed by atoms with Crippen molar-refractivity contribution in [3.63, 3.8) is 0 Å². The number of methoxy groups -OCH3 is 2. The van der Waals surface area contributed by atoms with Crippen LogP contribution in [0.1, 0.15) is 5.56 Å². The van der Waals surface area contributed by atoms with Gasteiger partial charge in [0.2, 0.25) is 0 Å². The molecule has 0 heterocycles. The smallest absolute Gasteiger partial charge is 0.162 e. The molecule has 0 saturated carbocycles. The summed E-state index contributed by atoms with van der Waals surface area (Å²) in [5, 5.41) is 0.597. The first-order chi connectivity index (χ1) is 6.22. The molecule has 0 aliphatic carbocycles. The monoisotopic (exact) mass is 201 g/mol. The number of hydrogen-bond acceptors (Lipinski definition) is 3. The van der Waals surface area contributed by atoms with E-state index in [2.05, 4.69) is 0 Å². The first-order valence-electron chi connectivity index (χ1n) is 3.83. The number of rotatable bonds is 3. The lowest BCUT2D eigenvalue weighted by Crippen LogP contribution is -1.99. The standard InChI is InChI=1S/C9H12ClNO2/c1-12-8-3-6(5-11)7(10)4-9(8)13-2/h3-4H,5,11H2,1-2H3. The summed E-state index contributed by atoms with van der Waals surface area (Å²) in [6, 6.07) is 3.48. The van der Waals surface area contributed by atoms with Gasteiger partial charge in [0.1, 0.15) is 0 Å². The van der Waals surface area contributed by atoms with Crippen LogP contribution in [0, 0.1) is 0 Å². The third kappa shape index (κ3) is 2.05. The molecule has 0 bridgehead atoms. The van der Waals surface area contributed by atoms with Crippen LogP contribution in [0.3, 0.4) is 0 Å². The largest absolute Gasteiger partial charge is 0.493 e. The van der Waals surface area contributed by atoms with E-state index in [1.54, 1.807) is 26.4 Å². The van der Waals surface area contributed by atoms with Crippen LogP contribution in [0.4, 0.5) is 0 Å². The van der Waals surface area contributed by atoms with E-state index in [4.69, 9.17) is 26.8 Å². The van der Waals surface area contributed by atoms with Gasteiger partial charge in [0, 0.05) is 17.6 Å². The molecular formula is C9H12ClNO2. The fraction of sp³-hybridized carbons (Fsp3) is 0.333. The zero-order valence-corrected chi connectivity index (χ0v) is 8.39. The van der Waals surface area contributed by atoms with Gasteiger partial charge in [-0.1, -0.05) is 11.6 Å². The molecule has 0 amide bonds. The molecule has 13 heavy (non-hydrogen) atoms. The molecule has 72 valence electrons. The second-order valence-corrected chi connectivity index (χ2v) is 2.91. The highest BCUT2D eigenvalue weighted by Crippen LogP contribution is 2.32. The Bertz CT molecular complexity index is 302. The number of benzene rings is 1. The molecule has 1 aromatic rings. The number of ether oxygens (including phenoxy) is 2. The quantitative estimate of drug-likeness (QED) is 0.812. The summed E-state index contributed by atoms with van der Waals surface area (Å²) in [7, 11) is 3.14. The molecule has 1 aromatic carbocycles. The van der Waals surface area contributed by atoms with E-state index in [0.717, 1.165) is 5.56 Å². The third-order valence-electron chi connectivity index (χ3n) is 1.77. The van der Waals surface area contributed by atoms with Crippen molar-refractivity contribution in [1.82, 2.24) is 0 Å². The van der Waals surface area contributed by atoms with Gasteiger partial charge in [0.15, 0.2) is 11.5 Å². The van der Waals surface area contributed by atoms with Crippen LogP contribution in [-0.4, -0.2) is 14.2 Å². The Morgan fingerprint density at radius 2 is 1.77 bits per heavy atom. The molecule has 0 aromatic heterocycles. The Morgan fingerprint density at radius 3 is 2.23 bits per heavy atom. The minimum Gasteiger partial charge on any atom is -0.493 e. The van der Waals surface area contributed by atoms with Gasteiger partial charge in [-0.15, -0.1) is 0 Å². The van der Waals surface area contributed by atoms with E-state index >= 15 is 0 Å². The summed E-state index contributed by atoms with van der Waals surface area (Å²) < 4.78 is 10.2. The van der Waals surface area contributed by atoms with E-state index < -0.39 is 0 Å². The predicted octanol–water partition coefficient (Wildman–Crippen LogP) is 1.82. The van der Waals surface area contributed by atoms with Crippen LogP contribution in [0.5, 0.6) is 11.5 Å². The van der Waals surface area contributed by atoms with Gasteiger partial charge < -0.3 is 15.2 Å². The van der Waals surface area contributed by atoms with Crippen molar-refractivity contribution in [3.8, 4) is 11.5 Å². The summed E-state index contributed by atoms with van der Waals surface area (Å²) in [5.41, 5.74) is 6.33. The SMILES string of the molecule is COc1cc(Cl)c(CN)cc1OC. The Morgan fingerprint density at radius 1 is 1.23 bits per heavy atom. The van der Waals surface area contributed by atoms with Gasteiger partial charge in [-0.05, 0) is 11.6 Å². The van der Waals surface area contributed by atoms with Crippen LogP contribution in [-0.2, 0) is 6.54 Å². The molecule has 0 spiro atoms. The van der Waals surface area contributed by atoms with Gasteiger partial charge in [0.25, 0.3) is 0 Å². The third-order valence-corrected chi connectivity index (χ3v) is 2.12. The molecule has 1 rings (SSSR count). The minimum atomic E-state index is 0.388. The molecule has 2 N–H and O–H groups in total. The molecule has 0 atom stereocenters. The van der Waals surface area contributed by atoms with E-state index in [-0.39, 0.29) is 0 Å². The lowest BCUT2D eigenvalue weighted by molar-refractivity contribution is 0.354. The molecule has 0 radical (unpaired) electrons. The van der Waals surface area contributed by atoms with Crippen molar-refractivity contribution in [2.45, 2.75) is 6.54 Å². The summed E-state index contributed by atoms with van der Waals surface area (Å²) in [6.07, 6.45) is 0. The van der Waals surface area contributed by atoms with Gasteiger partial charge in [-0.2, -0.15) is 0 Å². The first kappa shape index (κ1) is 10.2. The fourth-order valence-electron chi connectivity index (χ4n) is 1.05. The number of halogens is 1. The van der Waals surface area contributed by atoms with E-state index in [1.165, 1.54) is 0 Å². The van der Waals surface area contributed by atoms with Crippen molar-refractivity contribution >= 4 is 11.6 Å². The Kier molecular flexibility index (Phi) is 3.39. The van der Waals surface area contributed by atoms with Crippen molar-refractivity contribution in [2.75, 3.05) is 14.2 Å². The van der Waals surface area contributed by atoms with Gasteiger partial charge >= 0.3 is 0 Å². The second-order valence-electron chi connectivity index (χ2n) is 2.50. The molecule has 0 fully saturated rings. The summed E-state index contributed by atoms with van der Waals surface area (Å²) >= 11 is 5.92. The summed E-state index contributed by atoms with van der Waals surface area (Å²) in [5.74, 6) is 1.26. The summed E-state index contributed by atoms with van der Waals surface area (Å²) in [4.78, 5) is 0. The highest BCUT2D eigenvalue weighted by atomic mass is 35.5. The average molecular weight is 202 g/mol. The maximum Gasteiger partial charge on any atom is 0.162 e. The molecule has 0 aliphatic heterocycles. The molecular weight excluding hydrogens is 190 g/mol. The topological polar surface area (TPSA) is 44.5 Å². The zero-order valence-electron chi connectivity index (χ0n) is 7.63. The highest BCUT2D eigenvalue weighted by molar-refractivity contribution is 6.31. The second kappa shape index (κ2) is 4.35. The van der Waals surface area contributed by atoms with Gasteiger partial charge in [-0.25, -0.2) is 0 Å². The zero-order chi connectivity index (χ0) is 9.84. The molecule has 0 unspecified atom stereocenters. The molecule has 4 heteroatoms. The molecule has 0 aliphatic rings. The summed E-state index contributed by atoms with van der Waals surface area (Å²) in [6.45, 7) is 0.388. The van der Waals surface area contributed by atoms with Gasteiger partial charge in [-0.3, -0.25) is 0 Å². The first-order valence-corrected chi connectivity index (χ1v) is 4.21.